The van der Waals surface area contributed by atoms with Crippen molar-refractivity contribution in [2.75, 3.05) is 16.0 Å². The van der Waals surface area contributed by atoms with E-state index in [1.54, 1.807) is 11.8 Å². The van der Waals surface area contributed by atoms with Crippen molar-refractivity contribution < 1.29 is 9.59 Å². The van der Waals surface area contributed by atoms with Crippen molar-refractivity contribution in [2.24, 2.45) is 5.92 Å². The molecule has 27 heavy (non-hydrogen) atoms. The molecule has 0 spiro atoms. The van der Waals surface area contributed by atoms with Crippen LogP contribution in [-0.4, -0.2) is 17.6 Å². The number of nitrogens with one attached hydrogen (secondary N) is 1. The van der Waals surface area contributed by atoms with Gasteiger partial charge in [-0.2, -0.15) is 0 Å². The molecule has 1 aliphatic heterocycles. The third-order valence-corrected chi connectivity index (χ3v) is 6.31. The zero-order valence-corrected chi connectivity index (χ0v) is 16.5. The molecule has 2 fully saturated rings. The molecule has 1 atom stereocenters. The third kappa shape index (κ3) is 3.74. The molecule has 0 bridgehead atoms. The zero-order valence-electron chi connectivity index (χ0n) is 15.6. The van der Waals surface area contributed by atoms with Gasteiger partial charge in [-0.05, 0) is 48.1 Å². The monoisotopic (exact) mass is 380 g/mol. The first kappa shape index (κ1) is 18.1. The Bertz CT molecular complexity index is 859. The number of thioether (sulfide) groups is 1. The number of hydrogen-bond acceptors (Lipinski definition) is 3. The highest BCUT2D eigenvalue weighted by Gasteiger charge is 2.35. The Balaban J connectivity index is 1.59. The zero-order chi connectivity index (χ0) is 19.0. The maximum atomic E-state index is 12.7. The number of anilines is 2. The van der Waals surface area contributed by atoms with E-state index in [4.69, 9.17) is 0 Å². The molecule has 1 saturated carbocycles. The van der Waals surface area contributed by atoms with Crippen LogP contribution in [0.3, 0.4) is 0 Å². The molecule has 1 saturated heterocycles. The summed E-state index contributed by atoms with van der Waals surface area (Å²) in [5.41, 5.74) is 4.08. The number of carbonyl (C=O) groups is 2. The number of amides is 2. The fourth-order valence-electron chi connectivity index (χ4n) is 3.45. The van der Waals surface area contributed by atoms with Gasteiger partial charge in [-0.15, -0.1) is 11.8 Å². The van der Waals surface area contributed by atoms with Crippen LogP contribution in [0.1, 0.15) is 49.1 Å². The van der Waals surface area contributed by atoms with E-state index in [0.29, 0.717) is 11.7 Å². The first-order valence-electron chi connectivity index (χ1n) is 9.48. The van der Waals surface area contributed by atoms with E-state index in [0.717, 1.165) is 29.8 Å². The van der Waals surface area contributed by atoms with Crippen LogP contribution in [0.25, 0.3) is 0 Å². The van der Waals surface area contributed by atoms with E-state index in [9.17, 15) is 9.59 Å². The van der Waals surface area contributed by atoms with Crippen LogP contribution in [-0.2, 0) is 9.59 Å². The average Bonchev–Trinajstić information content (AvgIpc) is 3.45. The maximum Gasteiger partial charge on any atom is 0.238 e. The van der Waals surface area contributed by atoms with Crippen LogP contribution >= 0.6 is 11.8 Å². The number of nitrogens with zero attached hydrogens (tertiary/aromatic N) is 1. The predicted molar refractivity (Wildman–Crippen MR) is 111 cm³/mol. The second kappa shape index (κ2) is 7.39. The van der Waals surface area contributed by atoms with Gasteiger partial charge in [0.25, 0.3) is 0 Å². The van der Waals surface area contributed by atoms with Crippen LogP contribution in [0.15, 0.2) is 48.5 Å². The third-order valence-electron chi connectivity index (χ3n) is 5.10. The van der Waals surface area contributed by atoms with Crippen LogP contribution in [0.2, 0.25) is 0 Å². The summed E-state index contributed by atoms with van der Waals surface area (Å²) >= 11 is 1.65. The van der Waals surface area contributed by atoms with Gasteiger partial charge in [-0.3, -0.25) is 14.5 Å². The first-order chi connectivity index (χ1) is 13.0. The van der Waals surface area contributed by atoms with Gasteiger partial charge in [-0.1, -0.05) is 44.2 Å². The topological polar surface area (TPSA) is 49.4 Å². The van der Waals surface area contributed by atoms with E-state index in [1.807, 2.05) is 47.4 Å². The molecule has 5 heteroatoms. The number of carbonyl (C=O) groups excluding carboxylic acids is 2. The Kier molecular flexibility index (Phi) is 4.96. The summed E-state index contributed by atoms with van der Waals surface area (Å²) in [6, 6.07) is 16.1. The first-order valence-corrected chi connectivity index (χ1v) is 10.5. The fourth-order valence-corrected chi connectivity index (χ4v) is 4.62. The summed E-state index contributed by atoms with van der Waals surface area (Å²) < 4.78 is 0. The quantitative estimate of drug-likeness (QED) is 0.799. The maximum absolute atomic E-state index is 12.7. The van der Waals surface area contributed by atoms with Crippen LogP contribution < -0.4 is 10.2 Å². The molecule has 140 valence electrons. The summed E-state index contributed by atoms with van der Waals surface area (Å²) in [4.78, 5) is 26.5. The molecular formula is C22H24N2O2S. The van der Waals surface area contributed by atoms with Crippen LogP contribution in [0, 0.1) is 5.92 Å². The lowest BCUT2D eigenvalue weighted by atomic mass is 10.00. The second-order valence-corrected chi connectivity index (χ2v) is 8.59. The largest absolute Gasteiger partial charge is 0.326 e. The molecule has 4 rings (SSSR count). The fraction of sp³-hybridized carbons (Fsp3) is 0.364. The van der Waals surface area contributed by atoms with Gasteiger partial charge >= 0.3 is 0 Å². The minimum atomic E-state index is -0.0365. The summed E-state index contributed by atoms with van der Waals surface area (Å²) in [6.45, 7) is 4.30. The van der Waals surface area contributed by atoms with E-state index < -0.39 is 0 Å². The van der Waals surface area contributed by atoms with Gasteiger partial charge in [-0.25, -0.2) is 0 Å². The Morgan fingerprint density at radius 3 is 2.48 bits per heavy atom. The van der Waals surface area contributed by atoms with Crippen molar-refractivity contribution in [3.63, 3.8) is 0 Å². The normalized spacial score (nSPS) is 19.6. The lowest BCUT2D eigenvalue weighted by molar-refractivity contribution is -0.117. The highest BCUT2D eigenvalue weighted by molar-refractivity contribution is 8.00. The summed E-state index contributed by atoms with van der Waals surface area (Å²) in [5.74, 6) is 1.28. The molecule has 2 aliphatic rings. The average molecular weight is 381 g/mol. The lowest BCUT2D eigenvalue weighted by Gasteiger charge is -2.27. The Morgan fingerprint density at radius 1 is 1.11 bits per heavy atom. The molecule has 0 unspecified atom stereocenters. The number of rotatable bonds is 5. The summed E-state index contributed by atoms with van der Waals surface area (Å²) in [7, 11) is 0. The number of hydrogen-bond donors (Lipinski definition) is 1. The van der Waals surface area contributed by atoms with E-state index in [-0.39, 0.29) is 23.1 Å². The Morgan fingerprint density at radius 2 is 1.81 bits per heavy atom. The van der Waals surface area contributed by atoms with Crippen molar-refractivity contribution in [2.45, 2.75) is 38.0 Å². The van der Waals surface area contributed by atoms with Crippen molar-refractivity contribution in [1.82, 2.24) is 0 Å². The summed E-state index contributed by atoms with van der Waals surface area (Å²) in [6.07, 6.45) is 1.99. The molecular weight excluding hydrogens is 356 g/mol. The minimum Gasteiger partial charge on any atom is -0.326 e. The molecule has 4 nitrogen and oxygen atoms in total. The molecule has 2 aromatic carbocycles. The molecule has 0 aromatic heterocycles. The van der Waals surface area contributed by atoms with Crippen molar-refractivity contribution >= 4 is 35.0 Å². The van der Waals surface area contributed by atoms with Gasteiger partial charge in [0.05, 0.1) is 5.75 Å². The second-order valence-electron chi connectivity index (χ2n) is 7.53. The standard InChI is InChI=1S/C22H24N2O2S/c1-14(2)18-5-3-4-6-19(18)24-20(25)13-27-22(24)16-9-11-17(12-10-16)23-21(26)15-7-8-15/h3-6,9-12,14-15,22H,7-8,13H2,1-2H3,(H,23,26)/t22-/m0/s1. The molecule has 1 aliphatic carbocycles. The van der Waals surface area contributed by atoms with Gasteiger partial charge < -0.3 is 5.32 Å². The van der Waals surface area contributed by atoms with E-state index in [2.05, 4.69) is 25.2 Å². The lowest BCUT2D eigenvalue weighted by Crippen LogP contribution is -2.29. The molecule has 1 heterocycles. The van der Waals surface area contributed by atoms with Crippen LogP contribution in [0.4, 0.5) is 11.4 Å². The van der Waals surface area contributed by atoms with Gasteiger partial charge in [0, 0.05) is 17.3 Å². The molecule has 2 amide bonds. The molecule has 2 aromatic rings. The Labute approximate surface area is 164 Å². The number of para-hydroxylation sites is 1. The molecule has 0 radical (unpaired) electrons. The van der Waals surface area contributed by atoms with Gasteiger partial charge in [0.2, 0.25) is 11.8 Å². The highest BCUT2D eigenvalue weighted by atomic mass is 32.2. The van der Waals surface area contributed by atoms with Gasteiger partial charge in [0.1, 0.15) is 5.37 Å². The van der Waals surface area contributed by atoms with E-state index in [1.165, 1.54) is 5.56 Å². The van der Waals surface area contributed by atoms with Gasteiger partial charge in [0.15, 0.2) is 0 Å². The summed E-state index contributed by atoms with van der Waals surface area (Å²) in [5, 5.41) is 2.93. The smallest absolute Gasteiger partial charge is 0.238 e. The molecule has 1 N–H and O–H groups in total. The Hall–Kier alpha value is -2.27. The minimum absolute atomic E-state index is 0.0365. The number of benzene rings is 2. The highest BCUT2D eigenvalue weighted by Crippen LogP contribution is 2.44. The van der Waals surface area contributed by atoms with Crippen molar-refractivity contribution in [1.29, 1.82) is 0 Å². The van der Waals surface area contributed by atoms with Crippen LogP contribution in [0.5, 0.6) is 0 Å². The predicted octanol–water partition coefficient (Wildman–Crippen LogP) is 4.94. The van der Waals surface area contributed by atoms with Crippen molar-refractivity contribution in [3.05, 3.63) is 59.7 Å². The van der Waals surface area contributed by atoms with Crippen molar-refractivity contribution in [3.8, 4) is 0 Å². The SMILES string of the molecule is CC(C)c1ccccc1N1C(=O)CS[C@H]1c1ccc(NC(=O)C2CC2)cc1. The van der Waals surface area contributed by atoms with E-state index >= 15 is 0 Å².